The van der Waals surface area contributed by atoms with Gasteiger partial charge in [0.2, 0.25) is 0 Å². The van der Waals surface area contributed by atoms with Gasteiger partial charge in [-0.2, -0.15) is 0 Å². The first-order chi connectivity index (χ1) is 6.24. The number of Topliss-reactive ketones (excluding diaryl/α,β-unsaturated/α-hetero) is 1. The highest BCUT2D eigenvalue weighted by molar-refractivity contribution is 5.88. The molecule has 2 nitrogen and oxygen atoms in total. The van der Waals surface area contributed by atoms with Gasteiger partial charge in [-0.15, -0.1) is 6.58 Å². The second-order valence-corrected chi connectivity index (χ2v) is 4.81. The van der Waals surface area contributed by atoms with Crippen LogP contribution in [0.4, 0.5) is 0 Å². The van der Waals surface area contributed by atoms with E-state index in [1.54, 1.807) is 13.0 Å². The minimum Gasteiger partial charge on any atom is -0.392 e. The average Bonchev–Trinajstić information content (AvgIpc) is 2.14. The number of rotatable bonds is 5. The summed E-state index contributed by atoms with van der Waals surface area (Å²) in [6.45, 7) is 12.9. The van der Waals surface area contributed by atoms with Gasteiger partial charge in [-0.05, 0) is 19.8 Å². The highest BCUT2D eigenvalue weighted by Crippen LogP contribution is 2.26. The van der Waals surface area contributed by atoms with Gasteiger partial charge in [0.15, 0.2) is 0 Å². The second-order valence-electron chi connectivity index (χ2n) is 4.81. The number of hydrogen-bond donors (Lipinski definition) is 1. The number of hydrogen-bond acceptors (Lipinski definition) is 2. The second kappa shape index (κ2) is 4.74. The van der Waals surface area contributed by atoms with Crippen LogP contribution in [0.1, 0.15) is 34.6 Å². The Morgan fingerprint density at radius 2 is 1.79 bits per heavy atom. The highest BCUT2D eigenvalue weighted by Gasteiger charge is 2.33. The molecule has 0 radical (unpaired) electrons. The molecule has 82 valence electrons. The molecule has 0 aromatic carbocycles. The summed E-state index contributed by atoms with van der Waals surface area (Å²) < 4.78 is 0. The summed E-state index contributed by atoms with van der Waals surface area (Å²) in [6, 6.07) is 0. The summed E-state index contributed by atoms with van der Waals surface area (Å²) in [7, 11) is 0. The van der Waals surface area contributed by atoms with E-state index in [9.17, 15) is 9.90 Å². The van der Waals surface area contributed by atoms with E-state index >= 15 is 0 Å². The SMILES string of the molecule is C=CC(C)(C)C(=O)C(C)[C@@H](O)C(C)C. The van der Waals surface area contributed by atoms with Crippen molar-refractivity contribution in [1.82, 2.24) is 0 Å². The molecular weight excluding hydrogens is 176 g/mol. The molecule has 0 rings (SSSR count). The molecule has 2 atom stereocenters. The fourth-order valence-electron chi connectivity index (χ4n) is 1.42. The zero-order chi connectivity index (χ0) is 11.5. The van der Waals surface area contributed by atoms with Crippen LogP contribution in [0.25, 0.3) is 0 Å². The molecule has 0 aliphatic carbocycles. The first-order valence-corrected chi connectivity index (χ1v) is 5.10. The Bertz CT molecular complexity index is 216. The Morgan fingerprint density at radius 3 is 2.07 bits per heavy atom. The van der Waals surface area contributed by atoms with Crippen LogP contribution in [-0.4, -0.2) is 17.0 Å². The van der Waals surface area contributed by atoms with Crippen molar-refractivity contribution in [2.45, 2.75) is 40.7 Å². The molecule has 0 fully saturated rings. The number of ketones is 1. The number of carbonyl (C=O) groups excluding carboxylic acids is 1. The largest absolute Gasteiger partial charge is 0.392 e. The molecule has 0 amide bonds. The van der Waals surface area contributed by atoms with Crippen LogP contribution in [0, 0.1) is 17.3 Å². The van der Waals surface area contributed by atoms with Crippen molar-refractivity contribution in [2.24, 2.45) is 17.3 Å². The lowest BCUT2D eigenvalue weighted by molar-refractivity contribution is -0.132. The third-order valence-electron chi connectivity index (χ3n) is 2.75. The summed E-state index contributed by atoms with van der Waals surface area (Å²) in [6.07, 6.45) is 1.07. The number of allylic oxidation sites excluding steroid dienone is 1. The predicted molar refractivity (Wildman–Crippen MR) is 59.0 cm³/mol. The maximum Gasteiger partial charge on any atom is 0.147 e. The van der Waals surface area contributed by atoms with Gasteiger partial charge in [0.25, 0.3) is 0 Å². The van der Waals surface area contributed by atoms with Gasteiger partial charge in [0, 0.05) is 11.3 Å². The molecule has 0 heterocycles. The van der Waals surface area contributed by atoms with E-state index in [1.165, 1.54) is 0 Å². The molecule has 0 aliphatic rings. The molecule has 0 aliphatic heterocycles. The van der Waals surface area contributed by atoms with Gasteiger partial charge in [0.05, 0.1) is 6.10 Å². The molecule has 0 aromatic heterocycles. The van der Waals surface area contributed by atoms with Gasteiger partial charge < -0.3 is 5.11 Å². The van der Waals surface area contributed by atoms with Crippen molar-refractivity contribution in [3.05, 3.63) is 12.7 Å². The molecule has 0 saturated carbocycles. The standard InChI is InChI=1S/C12H22O2/c1-7-12(5,6)11(14)9(4)10(13)8(2)3/h7-10,13H,1H2,2-6H3/t9?,10-/m0/s1. The van der Waals surface area contributed by atoms with E-state index in [2.05, 4.69) is 6.58 Å². The van der Waals surface area contributed by atoms with Crippen molar-refractivity contribution in [3.63, 3.8) is 0 Å². The minimum atomic E-state index is -0.568. The smallest absolute Gasteiger partial charge is 0.147 e. The van der Waals surface area contributed by atoms with Gasteiger partial charge in [-0.1, -0.05) is 26.8 Å². The van der Waals surface area contributed by atoms with Crippen LogP contribution in [0.5, 0.6) is 0 Å². The molecule has 0 saturated heterocycles. The van der Waals surface area contributed by atoms with Gasteiger partial charge >= 0.3 is 0 Å². The third-order valence-corrected chi connectivity index (χ3v) is 2.75. The summed E-state index contributed by atoms with van der Waals surface area (Å²) in [5, 5.41) is 9.77. The summed E-state index contributed by atoms with van der Waals surface area (Å²) in [4.78, 5) is 11.9. The van der Waals surface area contributed by atoms with Gasteiger partial charge in [0.1, 0.15) is 5.78 Å². The molecule has 0 bridgehead atoms. The van der Waals surface area contributed by atoms with Gasteiger partial charge in [-0.3, -0.25) is 4.79 Å². The van der Waals surface area contributed by atoms with E-state index < -0.39 is 11.5 Å². The summed E-state index contributed by atoms with van der Waals surface area (Å²) in [5.41, 5.74) is -0.546. The number of carbonyl (C=O) groups is 1. The molecular formula is C12H22O2. The van der Waals surface area contributed by atoms with E-state index in [1.807, 2.05) is 27.7 Å². The van der Waals surface area contributed by atoms with E-state index in [-0.39, 0.29) is 17.6 Å². The lowest BCUT2D eigenvalue weighted by atomic mass is 9.78. The first kappa shape index (κ1) is 13.4. The zero-order valence-corrected chi connectivity index (χ0v) is 9.87. The molecule has 14 heavy (non-hydrogen) atoms. The van der Waals surface area contributed by atoms with Crippen molar-refractivity contribution in [1.29, 1.82) is 0 Å². The Kier molecular flexibility index (Phi) is 4.53. The fraction of sp³-hybridized carbons (Fsp3) is 0.750. The van der Waals surface area contributed by atoms with Crippen molar-refractivity contribution >= 4 is 5.78 Å². The Balaban J connectivity index is 4.63. The Labute approximate surface area is 87.0 Å². The maximum absolute atomic E-state index is 11.9. The van der Waals surface area contributed by atoms with E-state index in [0.29, 0.717) is 0 Å². The Morgan fingerprint density at radius 1 is 1.36 bits per heavy atom. The van der Waals surface area contributed by atoms with Crippen LogP contribution in [0.2, 0.25) is 0 Å². The molecule has 0 aromatic rings. The Hall–Kier alpha value is -0.630. The van der Waals surface area contributed by atoms with Gasteiger partial charge in [-0.25, -0.2) is 0 Å². The molecule has 1 unspecified atom stereocenters. The van der Waals surface area contributed by atoms with Crippen LogP contribution in [0.3, 0.4) is 0 Å². The highest BCUT2D eigenvalue weighted by atomic mass is 16.3. The van der Waals surface area contributed by atoms with Crippen molar-refractivity contribution < 1.29 is 9.90 Å². The lowest BCUT2D eigenvalue weighted by Gasteiger charge is -2.27. The average molecular weight is 198 g/mol. The predicted octanol–water partition coefficient (Wildman–Crippen LogP) is 2.42. The molecule has 1 N–H and O–H groups in total. The monoisotopic (exact) mass is 198 g/mol. The third kappa shape index (κ3) is 2.95. The fourth-order valence-corrected chi connectivity index (χ4v) is 1.42. The van der Waals surface area contributed by atoms with Crippen molar-refractivity contribution in [2.75, 3.05) is 0 Å². The van der Waals surface area contributed by atoms with Crippen LogP contribution >= 0.6 is 0 Å². The van der Waals surface area contributed by atoms with E-state index in [0.717, 1.165) is 0 Å². The van der Waals surface area contributed by atoms with Crippen LogP contribution in [0.15, 0.2) is 12.7 Å². The molecule has 2 heteroatoms. The summed E-state index contributed by atoms with van der Waals surface area (Å²) >= 11 is 0. The minimum absolute atomic E-state index is 0.0497. The van der Waals surface area contributed by atoms with Crippen LogP contribution in [-0.2, 0) is 4.79 Å². The number of aliphatic hydroxyl groups excluding tert-OH is 1. The normalized spacial score (nSPS) is 16.5. The zero-order valence-electron chi connectivity index (χ0n) is 9.87. The van der Waals surface area contributed by atoms with E-state index in [4.69, 9.17) is 0 Å². The number of aliphatic hydroxyl groups is 1. The van der Waals surface area contributed by atoms with Crippen LogP contribution < -0.4 is 0 Å². The topological polar surface area (TPSA) is 37.3 Å². The summed E-state index contributed by atoms with van der Waals surface area (Å²) in [5.74, 6) is -0.175. The lowest BCUT2D eigenvalue weighted by Crippen LogP contribution is -2.37. The first-order valence-electron chi connectivity index (χ1n) is 5.10. The molecule has 0 spiro atoms. The van der Waals surface area contributed by atoms with Crippen molar-refractivity contribution in [3.8, 4) is 0 Å². The quantitative estimate of drug-likeness (QED) is 0.689. The maximum atomic E-state index is 11.9.